The van der Waals surface area contributed by atoms with Gasteiger partial charge in [-0.3, -0.25) is 4.68 Å². The van der Waals surface area contributed by atoms with Crippen LogP contribution in [0.25, 0.3) is 0 Å². The molecular weight excluding hydrogens is 379 g/mol. The van der Waals surface area contributed by atoms with Crippen molar-refractivity contribution in [2.24, 2.45) is 7.05 Å². The van der Waals surface area contributed by atoms with Gasteiger partial charge in [0.15, 0.2) is 0 Å². The van der Waals surface area contributed by atoms with E-state index in [1.54, 1.807) is 7.11 Å². The molecule has 7 nitrogen and oxygen atoms in total. The fraction of sp³-hybridized carbons (Fsp3) is 0.444. The summed E-state index contributed by atoms with van der Waals surface area (Å²) in [5, 5.41) is 15.1. The van der Waals surface area contributed by atoms with E-state index in [2.05, 4.69) is 22.7 Å². The van der Waals surface area contributed by atoms with E-state index in [-0.39, 0.29) is 6.10 Å². The van der Waals surface area contributed by atoms with Crippen molar-refractivity contribution < 1.29 is 32.5 Å². The lowest BCUT2D eigenvalue weighted by Crippen LogP contribution is -2.27. The number of methoxy groups -OCH3 is 1. The summed E-state index contributed by atoms with van der Waals surface area (Å²) < 4.78 is 44.8. The first kappa shape index (κ1) is 21.7. The maximum atomic E-state index is 10.6. The van der Waals surface area contributed by atoms with Crippen molar-refractivity contribution in [3.8, 4) is 5.75 Å². The number of aryl methyl sites for hydroxylation is 1. The molecule has 1 aliphatic rings. The number of carbonyl (C=O) groups is 1. The van der Waals surface area contributed by atoms with Crippen molar-refractivity contribution in [1.29, 1.82) is 0 Å². The molecule has 0 saturated carbocycles. The van der Waals surface area contributed by atoms with Crippen molar-refractivity contribution in [3.05, 3.63) is 47.3 Å². The number of fused-ring (bicyclic) bond motifs is 1. The van der Waals surface area contributed by atoms with Gasteiger partial charge in [-0.2, -0.15) is 18.3 Å². The number of hydrogen-bond acceptors (Lipinski definition) is 5. The second kappa shape index (κ2) is 9.56. The number of nitrogens with zero attached hydrogens (tertiary/aromatic N) is 2. The Bertz CT molecular complexity index is 793. The van der Waals surface area contributed by atoms with E-state index < -0.39 is 12.1 Å². The number of para-hydroxylation sites is 1. The van der Waals surface area contributed by atoms with Gasteiger partial charge in [-0.15, -0.1) is 0 Å². The number of hydrogen-bond donors (Lipinski definition) is 2. The van der Waals surface area contributed by atoms with Gasteiger partial charge in [-0.25, -0.2) is 4.79 Å². The topological polar surface area (TPSA) is 85.6 Å². The molecule has 2 N–H and O–H groups in total. The van der Waals surface area contributed by atoms with Gasteiger partial charge in [0, 0.05) is 31.9 Å². The van der Waals surface area contributed by atoms with E-state index in [0.717, 1.165) is 43.1 Å². The molecule has 2 heterocycles. The van der Waals surface area contributed by atoms with Gasteiger partial charge in [-0.05, 0) is 18.1 Å². The predicted molar refractivity (Wildman–Crippen MR) is 94.0 cm³/mol. The van der Waals surface area contributed by atoms with Crippen LogP contribution in [0.15, 0.2) is 30.5 Å². The third-order valence-electron chi connectivity index (χ3n) is 4.01. The molecule has 0 bridgehead atoms. The van der Waals surface area contributed by atoms with Crippen LogP contribution < -0.4 is 10.1 Å². The quantitative estimate of drug-likeness (QED) is 0.801. The Morgan fingerprint density at radius 2 is 2.11 bits per heavy atom. The van der Waals surface area contributed by atoms with E-state index in [9.17, 15) is 13.2 Å². The summed E-state index contributed by atoms with van der Waals surface area (Å²) in [6, 6.07) is 8.05. The molecule has 10 heteroatoms. The predicted octanol–water partition coefficient (Wildman–Crippen LogP) is 2.47. The molecule has 0 radical (unpaired) electrons. The van der Waals surface area contributed by atoms with Crippen LogP contribution >= 0.6 is 0 Å². The Hall–Kier alpha value is -2.59. The maximum absolute atomic E-state index is 10.6. The zero-order valence-electron chi connectivity index (χ0n) is 15.5. The lowest BCUT2D eigenvalue weighted by Gasteiger charge is -2.22. The molecule has 1 aliphatic heterocycles. The van der Waals surface area contributed by atoms with Gasteiger partial charge >= 0.3 is 12.1 Å². The molecular formula is C18H22F3N3O4. The van der Waals surface area contributed by atoms with Gasteiger partial charge in [0.2, 0.25) is 0 Å². The number of aromatic nitrogens is 2. The van der Waals surface area contributed by atoms with E-state index in [4.69, 9.17) is 19.4 Å². The third kappa shape index (κ3) is 5.96. The molecule has 1 atom stereocenters. The number of alkyl halides is 3. The SMILES string of the molecule is COc1ccccc1CNCC1OCCc2cn(C)nc21.O=C(O)C(F)(F)F. The number of carboxylic acids is 1. The first-order valence-electron chi connectivity index (χ1n) is 8.49. The molecule has 1 aromatic heterocycles. The molecule has 0 spiro atoms. The Morgan fingerprint density at radius 1 is 1.43 bits per heavy atom. The normalized spacial score (nSPS) is 16.0. The lowest BCUT2D eigenvalue weighted by atomic mass is 10.1. The van der Waals surface area contributed by atoms with E-state index >= 15 is 0 Å². The summed E-state index contributed by atoms with van der Waals surface area (Å²) in [7, 11) is 3.65. The van der Waals surface area contributed by atoms with Crippen LogP contribution in [0.5, 0.6) is 5.75 Å². The van der Waals surface area contributed by atoms with Crippen LogP contribution in [0.1, 0.15) is 22.9 Å². The van der Waals surface area contributed by atoms with Gasteiger partial charge in [0.1, 0.15) is 11.9 Å². The van der Waals surface area contributed by atoms with Crippen LogP contribution in [0, 0.1) is 0 Å². The highest BCUT2D eigenvalue weighted by Gasteiger charge is 2.38. The molecule has 0 aliphatic carbocycles. The number of rotatable bonds is 5. The molecule has 28 heavy (non-hydrogen) atoms. The van der Waals surface area contributed by atoms with Crippen molar-refractivity contribution in [3.63, 3.8) is 0 Å². The molecule has 2 aromatic rings. The molecule has 3 rings (SSSR count). The highest BCUT2D eigenvalue weighted by Crippen LogP contribution is 2.25. The fourth-order valence-corrected chi connectivity index (χ4v) is 2.75. The first-order chi connectivity index (χ1) is 13.2. The Kier molecular flexibility index (Phi) is 7.41. The fourth-order valence-electron chi connectivity index (χ4n) is 2.75. The first-order valence-corrected chi connectivity index (χ1v) is 8.49. The summed E-state index contributed by atoms with van der Waals surface area (Å²) in [6.45, 7) is 2.27. The standard InChI is InChI=1S/C16H21N3O2.C2HF3O2/c1-19-11-13-7-8-21-15(16(13)18-19)10-17-9-12-5-3-4-6-14(12)20-2;3-2(4,5)1(6)7/h3-6,11,15,17H,7-10H2,1-2H3;(H,6,7). The van der Waals surface area contributed by atoms with Gasteiger partial charge in [0.25, 0.3) is 0 Å². The number of benzene rings is 1. The van der Waals surface area contributed by atoms with Gasteiger partial charge in [0.05, 0.1) is 19.4 Å². The molecule has 154 valence electrons. The van der Waals surface area contributed by atoms with Gasteiger partial charge < -0.3 is 19.9 Å². The van der Waals surface area contributed by atoms with Crippen LogP contribution in [-0.4, -0.2) is 47.3 Å². The summed E-state index contributed by atoms with van der Waals surface area (Å²) in [5.41, 5.74) is 3.51. The molecule has 1 unspecified atom stereocenters. The monoisotopic (exact) mass is 401 g/mol. The third-order valence-corrected chi connectivity index (χ3v) is 4.01. The minimum Gasteiger partial charge on any atom is -0.496 e. The highest BCUT2D eigenvalue weighted by molar-refractivity contribution is 5.73. The van der Waals surface area contributed by atoms with E-state index in [1.165, 1.54) is 5.56 Å². The average Bonchev–Trinajstić information content (AvgIpc) is 3.03. The number of nitrogens with one attached hydrogen (secondary N) is 1. The Morgan fingerprint density at radius 3 is 2.75 bits per heavy atom. The second-order valence-corrected chi connectivity index (χ2v) is 6.07. The summed E-state index contributed by atoms with van der Waals surface area (Å²) in [4.78, 5) is 8.90. The van der Waals surface area contributed by atoms with Crippen molar-refractivity contribution in [2.45, 2.75) is 25.2 Å². The molecule has 1 aromatic carbocycles. The van der Waals surface area contributed by atoms with E-state index in [1.807, 2.05) is 29.9 Å². The number of aliphatic carboxylic acids is 1. The van der Waals surface area contributed by atoms with Crippen LogP contribution in [0.2, 0.25) is 0 Å². The van der Waals surface area contributed by atoms with Crippen molar-refractivity contribution in [2.75, 3.05) is 20.3 Å². The number of ether oxygens (including phenoxy) is 2. The largest absolute Gasteiger partial charge is 0.496 e. The van der Waals surface area contributed by atoms with Crippen LogP contribution in [-0.2, 0) is 29.5 Å². The zero-order chi connectivity index (χ0) is 20.7. The summed E-state index contributed by atoms with van der Waals surface area (Å²) >= 11 is 0. The van der Waals surface area contributed by atoms with Crippen molar-refractivity contribution in [1.82, 2.24) is 15.1 Å². The summed E-state index contributed by atoms with van der Waals surface area (Å²) in [5.74, 6) is -1.85. The molecule has 0 amide bonds. The number of halogens is 3. The molecule has 0 saturated heterocycles. The van der Waals surface area contributed by atoms with E-state index in [0.29, 0.717) is 0 Å². The van der Waals surface area contributed by atoms with Crippen molar-refractivity contribution >= 4 is 5.97 Å². The lowest BCUT2D eigenvalue weighted by molar-refractivity contribution is -0.192. The maximum Gasteiger partial charge on any atom is 0.490 e. The smallest absolute Gasteiger partial charge is 0.490 e. The Labute approximate surface area is 160 Å². The highest BCUT2D eigenvalue weighted by atomic mass is 19.4. The number of carboxylic acid groups (broad SMARTS) is 1. The molecule has 0 fully saturated rings. The van der Waals surface area contributed by atoms with Crippen LogP contribution in [0.4, 0.5) is 13.2 Å². The minimum absolute atomic E-state index is 0.0321. The second-order valence-electron chi connectivity index (χ2n) is 6.07. The van der Waals surface area contributed by atoms with Crippen LogP contribution in [0.3, 0.4) is 0 Å². The average molecular weight is 401 g/mol. The minimum atomic E-state index is -5.08. The van der Waals surface area contributed by atoms with Gasteiger partial charge in [-0.1, -0.05) is 18.2 Å². The zero-order valence-corrected chi connectivity index (χ0v) is 15.5. The Balaban J connectivity index is 0.000000345. The summed E-state index contributed by atoms with van der Waals surface area (Å²) in [6.07, 6.45) is -2.01.